The van der Waals surface area contributed by atoms with Crippen molar-refractivity contribution < 1.29 is 0 Å². The zero-order valence-electron chi connectivity index (χ0n) is 10.6. The van der Waals surface area contributed by atoms with E-state index in [0.29, 0.717) is 21.1 Å². The van der Waals surface area contributed by atoms with E-state index in [1.165, 1.54) is 0 Å². The van der Waals surface area contributed by atoms with Crippen LogP contribution < -0.4 is 10.6 Å². The van der Waals surface area contributed by atoms with Crippen LogP contribution in [0, 0.1) is 5.41 Å². The number of halogens is 1. The standard InChI is InChI=1S/C13H18ClN3S/c1-8-6-17(7-9(2)18-8)12-4-3-10(13(15)16)5-11(12)14/h3-5,8-9H,6-7H2,1-2H3,(H3,15,16). The van der Waals surface area contributed by atoms with Crippen LogP contribution in [0.3, 0.4) is 0 Å². The van der Waals surface area contributed by atoms with Gasteiger partial charge in [0.15, 0.2) is 0 Å². The molecule has 1 aromatic carbocycles. The molecule has 0 spiro atoms. The molecular weight excluding hydrogens is 266 g/mol. The fourth-order valence-electron chi connectivity index (χ4n) is 2.31. The third-order valence-corrected chi connectivity index (χ3v) is 4.55. The molecule has 0 bridgehead atoms. The van der Waals surface area contributed by atoms with Crippen molar-refractivity contribution in [1.82, 2.24) is 0 Å². The minimum Gasteiger partial charge on any atom is -0.384 e. The molecule has 2 unspecified atom stereocenters. The van der Waals surface area contributed by atoms with Gasteiger partial charge in [-0.3, -0.25) is 5.41 Å². The van der Waals surface area contributed by atoms with Crippen molar-refractivity contribution >= 4 is 34.9 Å². The van der Waals surface area contributed by atoms with Crippen molar-refractivity contribution in [2.45, 2.75) is 24.3 Å². The SMILES string of the molecule is CC1CN(c2ccc(C(=N)N)cc2Cl)CC(C)S1. The van der Waals surface area contributed by atoms with Crippen molar-refractivity contribution in [3.05, 3.63) is 28.8 Å². The maximum atomic E-state index is 7.41. The summed E-state index contributed by atoms with van der Waals surface area (Å²) in [5, 5.41) is 9.31. The molecule has 1 aliphatic heterocycles. The largest absolute Gasteiger partial charge is 0.384 e. The summed E-state index contributed by atoms with van der Waals surface area (Å²) >= 11 is 8.32. The van der Waals surface area contributed by atoms with Crippen molar-refractivity contribution in [2.75, 3.05) is 18.0 Å². The number of benzene rings is 1. The van der Waals surface area contributed by atoms with Crippen LogP contribution in [0.15, 0.2) is 18.2 Å². The molecule has 1 heterocycles. The van der Waals surface area contributed by atoms with E-state index in [0.717, 1.165) is 18.8 Å². The van der Waals surface area contributed by atoms with Gasteiger partial charge in [-0.2, -0.15) is 11.8 Å². The van der Waals surface area contributed by atoms with Gasteiger partial charge in [-0.25, -0.2) is 0 Å². The number of hydrogen-bond acceptors (Lipinski definition) is 3. The van der Waals surface area contributed by atoms with Crippen LogP contribution in [0.1, 0.15) is 19.4 Å². The maximum absolute atomic E-state index is 7.41. The molecule has 1 aromatic rings. The highest BCUT2D eigenvalue weighted by Crippen LogP contribution is 2.33. The van der Waals surface area contributed by atoms with Gasteiger partial charge < -0.3 is 10.6 Å². The van der Waals surface area contributed by atoms with Crippen molar-refractivity contribution in [2.24, 2.45) is 5.73 Å². The van der Waals surface area contributed by atoms with E-state index in [1.807, 2.05) is 23.9 Å². The number of nitrogens with zero attached hydrogens (tertiary/aromatic N) is 1. The lowest BCUT2D eigenvalue weighted by atomic mass is 10.1. The molecule has 3 nitrogen and oxygen atoms in total. The Labute approximate surface area is 117 Å². The molecular formula is C13H18ClN3S. The molecule has 1 fully saturated rings. The molecule has 18 heavy (non-hydrogen) atoms. The van der Waals surface area contributed by atoms with Gasteiger partial charge in [0.05, 0.1) is 10.7 Å². The first-order valence-electron chi connectivity index (χ1n) is 6.01. The molecule has 3 N–H and O–H groups in total. The summed E-state index contributed by atoms with van der Waals surface area (Å²) in [7, 11) is 0. The molecule has 1 aliphatic rings. The van der Waals surface area contributed by atoms with Crippen LogP contribution in [0.4, 0.5) is 5.69 Å². The van der Waals surface area contributed by atoms with Gasteiger partial charge in [-0.1, -0.05) is 25.4 Å². The Morgan fingerprint density at radius 2 is 2.00 bits per heavy atom. The third-order valence-electron chi connectivity index (χ3n) is 3.02. The van der Waals surface area contributed by atoms with E-state index in [4.69, 9.17) is 22.7 Å². The monoisotopic (exact) mass is 283 g/mol. The average molecular weight is 284 g/mol. The van der Waals surface area contributed by atoms with E-state index in [-0.39, 0.29) is 5.84 Å². The first kappa shape index (κ1) is 13.6. The molecule has 98 valence electrons. The smallest absolute Gasteiger partial charge is 0.122 e. The molecule has 2 atom stereocenters. The predicted molar refractivity (Wildman–Crippen MR) is 81.2 cm³/mol. The summed E-state index contributed by atoms with van der Waals surface area (Å²) in [6, 6.07) is 5.60. The lowest BCUT2D eigenvalue weighted by Gasteiger charge is -2.36. The Balaban J connectivity index is 2.25. The number of nitrogens with one attached hydrogen (secondary N) is 1. The molecule has 5 heteroatoms. The lowest BCUT2D eigenvalue weighted by molar-refractivity contribution is 0.728. The Morgan fingerprint density at radius 1 is 1.39 bits per heavy atom. The van der Waals surface area contributed by atoms with Gasteiger partial charge in [0.1, 0.15) is 5.84 Å². The molecule has 0 saturated carbocycles. The molecule has 0 radical (unpaired) electrons. The summed E-state index contributed by atoms with van der Waals surface area (Å²) < 4.78 is 0. The van der Waals surface area contributed by atoms with Gasteiger partial charge in [0, 0.05) is 29.2 Å². The highest BCUT2D eigenvalue weighted by Gasteiger charge is 2.23. The first-order valence-corrected chi connectivity index (χ1v) is 7.34. The summed E-state index contributed by atoms with van der Waals surface area (Å²) in [6.07, 6.45) is 0. The zero-order valence-corrected chi connectivity index (χ0v) is 12.2. The van der Waals surface area contributed by atoms with Crippen LogP contribution >= 0.6 is 23.4 Å². The normalized spacial score (nSPS) is 24.1. The van der Waals surface area contributed by atoms with Crippen LogP contribution in [-0.4, -0.2) is 29.4 Å². The van der Waals surface area contributed by atoms with Crippen LogP contribution in [0.2, 0.25) is 5.02 Å². The van der Waals surface area contributed by atoms with Crippen molar-refractivity contribution in [3.63, 3.8) is 0 Å². The van der Waals surface area contributed by atoms with Crippen LogP contribution in [-0.2, 0) is 0 Å². The quantitative estimate of drug-likeness (QED) is 0.648. The van der Waals surface area contributed by atoms with E-state index < -0.39 is 0 Å². The van der Waals surface area contributed by atoms with E-state index in [9.17, 15) is 0 Å². The van der Waals surface area contributed by atoms with Gasteiger partial charge in [0.25, 0.3) is 0 Å². The zero-order chi connectivity index (χ0) is 13.3. The molecule has 0 amide bonds. The number of nitrogen functional groups attached to an aromatic ring is 1. The minimum atomic E-state index is 0.0550. The highest BCUT2D eigenvalue weighted by molar-refractivity contribution is 8.00. The second-order valence-corrected chi connectivity index (χ2v) is 7.03. The Morgan fingerprint density at radius 3 is 2.50 bits per heavy atom. The summed E-state index contributed by atoms with van der Waals surface area (Å²) in [4.78, 5) is 2.32. The summed E-state index contributed by atoms with van der Waals surface area (Å²) in [5.74, 6) is 0.0550. The topological polar surface area (TPSA) is 53.1 Å². The average Bonchev–Trinajstić information content (AvgIpc) is 2.27. The lowest BCUT2D eigenvalue weighted by Crippen LogP contribution is -2.40. The maximum Gasteiger partial charge on any atom is 0.122 e. The van der Waals surface area contributed by atoms with Gasteiger partial charge in [0.2, 0.25) is 0 Å². The number of thioether (sulfide) groups is 1. The fraction of sp³-hybridized carbons (Fsp3) is 0.462. The van der Waals surface area contributed by atoms with Gasteiger partial charge >= 0.3 is 0 Å². The van der Waals surface area contributed by atoms with Gasteiger partial charge in [-0.15, -0.1) is 0 Å². The molecule has 1 saturated heterocycles. The van der Waals surface area contributed by atoms with E-state index in [2.05, 4.69) is 18.7 Å². The van der Waals surface area contributed by atoms with Crippen molar-refractivity contribution in [1.29, 1.82) is 5.41 Å². The molecule has 0 aliphatic carbocycles. The number of hydrogen-bond donors (Lipinski definition) is 2. The van der Waals surface area contributed by atoms with Gasteiger partial charge in [-0.05, 0) is 18.2 Å². The van der Waals surface area contributed by atoms with Crippen LogP contribution in [0.5, 0.6) is 0 Å². The number of nitrogens with two attached hydrogens (primary N) is 1. The number of rotatable bonds is 2. The van der Waals surface area contributed by atoms with E-state index in [1.54, 1.807) is 6.07 Å². The second kappa shape index (κ2) is 5.41. The third kappa shape index (κ3) is 2.93. The number of amidine groups is 1. The first-order chi connectivity index (χ1) is 8.47. The summed E-state index contributed by atoms with van der Waals surface area (Å²) in [6.45, 7) is 6.50. The second-order valence-electron chi connectivity index (χ2n) is 4.74. The fourth-order valence-corrected chi connectivity index (χ4v) is 3.93. The predicted octanol–water partition coefficient (Wildman–Crippen LogP) is 2.95. The van der Waals surface area contributed by atoms with Crippen LogP contribution in [0.25, 0.3) is 0 Å². The molecule has 0 aromatic heterocycles. The summed E-state index contributed by atoms with van der Waals surface area (Å²) in [5.41, 5.74) is 7.18. The Kier molecular flexibility index (Phi) is 4.07. The van der Waals surface area contributed by atoms with E-state index >= 15 is 0 Å². The Hall–Kier alpha value is -0.870. The van der Waals surface area contributed by atoms with Crippen molar-refractivity contribution in [3.8, 4) is 0 Å². The molecule has 2 rings (SSSR count). The minimum absolute atomic E-state index is 0.0550. The highest BCUT2D eigenvalue weighted by atomic mass is 35.5. The number of anilines is 1. The Bertz CT molecular complexity index is 454.